The molecule has 1 saturated carbocycles. The van der Waals surface area contributed by atoms with Crippen LogP contribution in [0.3, 0.4) is 0 Å². The molecule has 2 unspecified atom stereocenters. The van der Waals surface area contributed by atoms with Crippen molar-refractivity contribution in [3.63, 3.8) is 0 Å². The summed E-state index contributed by atoms with van der Waals surface area (Å²) in [4.78, 5) is 12.4. The van der Waals surface area contributed by atoms with Gasteiger partial charge in [0.25, 0.3) is 0 Å². The van der Waals surface area contributed by atoms with E-state index in [1.54, 1.807) is 12.1 Å². The van der Waals surface area contributed by atoms with Crippen LogP contribution in [-0.2, 0) is 12.8 Å². The lowest BCUT2D eigenvalue weighted by atomic mass is 9.85. The number of halogens is 3. The predicted octanol–water partition coefficient (Wildman–Crippen LogP) is 6.31. The Morgan fingerprint density at radius 3 is 2.43 bits per heavy atom. The molecular formula is C21H23Cl3O3S. The number of aliphatic hydroxyl groups excluding tert-OH is 1. The molecule has 1 fully saturated rings. The topological polar surface area (TPSA) is 57.5 Å². The van der Waals surface area contributed by atoms with E-state index in [0.29, 0.717) is 21.3 Å². The number of thiophene rings is 1. The maximum atomic E-state index is 11.0. The van der Waals surface area contributed by atoms with Crippen molar-refractivity contribution in [1.82, 2.24) is 0 Å². The lowest BCUT2D eigenvalue weighted by Gasteiger charge is -2.23. The van der Waals surface area contributed by atoms with Gasteiger partial charge in [-0.05, 0) is 86.3 Å². The number of carbonyl (C=O) groups is 1. The number of carboxylic acid groups (broad SMARTS) is 1. The Bertz CT molecular complexity index is 803. The maximum absolute atomic E-state index is 11.0. The number of aryl methyl sites for hydroxylation is 2. The first-order valence-electron chi connectivity index (χ1n) is 9.42. The Kier molecular flexibility index (Phi) is 7.68. The van der Waals surface area contributed by atoms with Crippen LogP contribution in [0.15, 0.2) is 30.3 Å². The summed E-state index contributed by atoms with van der Waals surface area (Å²) in [6.45, 7) is 0. The van der Waals surface area contributed by atoms with Crippen molar-refractivity contribution in [3.8, 4) is 0 Å². The third-order valence-corrected chi connectivity index (χ3v) is 7.57. The molecule has 0 aliphatic heterocycles. The van der Waals surface area contributed by atoms with Gasteiger partial charge in [0, 0.05) is 20.3 Å². The van der Waals surface area contributed by atoms with Gasteiger partial charge in [-0.3, -0.25) is 0 Å². The molecule has 3 nitrogen and oxygen atoms in total. The van der Waals surface area contributed by atoms with Crippen LogP contribution in [0.2, 0.25) is 10.0 Å². The van der Waals surface area contributed by atoms with Crippen molar-refractivity contribution < 1.29 is 15.0 Å². The van der Waals surface area contributed by atoms with Crippen LogP contribution in [0, 0.1) is 11.8 Å². The first kappa shape index (κ1) is 21.9. The molecule has 3 rings (SSSR count). The van der Waals surface area contributed by atoms with E-state index in [1.165, 1.54) is 11.3 Å². The monoisotopic (exact) mass is 460 g/mol. The number of alkyl halides is 1. The van der Waals surface area contributed by atoms with E-state index in [-0.39, 0.29) is 23.3 Å². The summed E-state index contributed by atoms with van der Waals surface area (Å²) < 4.78 is 0. The molecule has 1 heterocycles. The quantitative estimate of drug-likeness (QED) is 0.453. The van der Waals surface area contributed by atoms with Gasteiger partial charge in [0.2, 0.25) is 0 Å². The zero-order valence-corrected chi connectivity index (χ0v) is 18.4. The minimum absolute atomic E-state index is 0.0270. The highest BCUT2D eigenvalue weighted by atomic mass is 35.5. The van der Waals surface area contributed by atoms with Gasteiger partial charge < -0.3 is 10.2 Å². The number of hydrogen-bond donors (Lipinski definition) is 2. The van der Waals surface area contributed by atoms with E-state index in [4.69, 9.17) is 39.9 Å². The van der Waals surface area contributed by atoms with Crippen molar-refractivity contribution in [2.24, 2.45) is 11.8 Å². The Balaban J connectivity index is 1.56. The van der Waals surface area contributed by atoms with E-state index < -0.39 is 5.97 Å². The molecule has 2 N–H and O–H groups in total. The van der Waals surface area contributed by atoms with Crippen molar-refractivity contribution in [2.45, 2.75) is 50.0 Å². The first-order chi connectivity index (χ1) is 13.3. The molecule has 28 heavy (non-hydrogen) atoms. The molecule has 0 radical (unpaired) electrons. The molecule has 1 aromatic carbocycles. The SMILES string of the molecule is O=C(O)c1ccc(CCC[C@H]2C(Cl)C[C@@H](O)C2CCc2cc(Cl)cc(Cl)c2)s1. The third kappa shape index (κ3) is 5.64. The zero-order valence-electron chi connectivity index (χ0n) is 15.3. The second-order valence-electron chi connectivity index (χ2n) is 7.43. The van der Waals surface area contributed by atoms with Gasteiger partial charge in [0.1, 0.15) is 4.88 Å². The van der Waals surface area contributed by atoms with Crippen LogP contribution in [0.25, 0.3) is 0 Å². The Hall–Kier alpha value is -0.780. The standard InChI is InChI=1S/C21H23Cl3O3S/c22-13-8-12(9-14(23)10-13)4-6-17-16(18(24)11-19(17)25)3-1-2-15-5-7-20(28-15)21(26)27/h5,7-10,16-19,25H,1-4,6,11H2,(H,26,27)/t16-,17?,18?,19-/m1/s1. The molecule has 7 heteroatoms. The molecule has 2 aromatic rings. The van der Waals surface area contributed by atoms with Gasteiger partial charge in [-0.1, -0.05) is 23.2 Å². The highest BCUT2D eigenvalue weighted by Crippen LogP contribution is 2.42. The average Bonchev–Trinajstić information content (AvgIpc) is 3.18. The summed E-state index contributed by atoms with van der Waals surface area (Å²) in [5.74, 6) is -0.472. The highest BCUT2D eigenvalue weighted by Gasteiger charge is 2.40. The van der Waals surface area contributed by atoms with E-state index in [2.05, 4.69) is 0 Å². The van der Waals surface area contributed by atoms with Crippen LogP contribution >= 0.6 is 46.1 Å². The maximum Gasteiger partial charge on any atom is 0.345 e. The number of aromatic carboxylic acids is 1. The normalized spacial score (nSPS) is 24.6. The van der Waals surface area contributed by atoms with Gasteiger partial charge in [-0.25, -0.2) is 4.79 Å². The van der Waals surface area contributed by atoms with E-state index in [9.17, 15) is 9.90 Å². The van der Waals surface area contributed by atoms with Gasteiger partial charge >= 0.3 is 5.97 Å². The van der Waals surface area contributed by atoms with Crippen molar-refractivity contribution in [3.05, 3.63) is 55.7 Å². The molecule has 0 bridgehead atoms. The molecule has 1 aliphatic carbocycles. The Morgan fingerprint density at radius 2 is 1.79 bits per heavy atom. The van der Waals surface area contributed by atoms with Crippen molar-refractivity contribution >= 4 is 52.1 Å². The largest absolute Gasteiger partial charge is 0.477 e. The second-order valence-corrected chi connectivity index (χ2v) is 10.0. The molecule has 4 atom stereocenters. The predicted molar refractivity (Wildman–Crippen MR) is 116 cm³/mol. The number of rotatable bonds is 8. The fourth-order valence-electron chi connectivity index (χ4n) is 4.16. The van der Waals surface area contributed by atoms with Crippen LogP contribution in [0.1, 0.15) is 45.8 Å². The summed E-state index contributed by atoms with van der Waals surface area (Å²) in [5.41, 5.74) is 1.07. The van der Waals surface area contributed by atoms with Gasteiger partial charge in [-0.15, -0.1) is 22.9 Å². The summed E-state index contributed by atoms with van der Waals surface area (Å²) in [6, 6.07) is 9.09. The second kappa shape index (κ2) is 9.82. The molecule has 0 spiro atoms. The number of hydrogen-bond acceptors (Lipinski definition) is 3. The fourth-order valence-corrected chi connectivity index (χ4v) is 6.12. The molecular weight excluding hydrogens is 439 g/mol. The molecule has 1 aromatic heterocycles. The van der Waals surface area contributed by atoms with Crippen LogP contribution in [0.4, 0.5) is 0 Å². The summed E-state index contributed by atoms with van der Waals surface area (Å²) >= 11 is 20.0. The number of aliphatic hydroxyl groups is 1. The van der Waals surface area contributed by atoms with E-state index in [0.717, 1.165) is 42.5 Å². The number of carboxylic acids is 1. The van der Waals surface area contributed by atoms with E-state index in [1.807, 2.05) is 18.2 Å². The molecule has 0 amide bonds. The van der Waals surface area contributed by atoms with Gasteiger partial charge in [0.15, 0.2) is 0 Å². The van der Waals surface area contributed by atoms with Gasteiger partial charge in [-0.2, -0.15) is 0 Å². The fraction of sp³-hybridized carbons (Fsp3) is 0.476. The van der Waals surface area contributed by atoms with Crippen molar-refractivity contribution in [2.75, 3.05) is 0 Å². The van der Waals surface area contributed by atoms with E-state index >= 15 is 0 Å². The van der Waals surface area contributed by atoms with Crippen molar-refractivity contribution in [1.29, 1.82) is 0 Å². The summed E-state index contributed by atoms with van der Waals surface area (Å²) in [5, 5.41) is 20.7. The van der Waals surface area contributed by atoms with Crippen LogP contribution in [0.5, 0.6) is 0 Å². The molecule has 1 aliphatic rings. The Morgan fingerprint density at radius 1 is 1.07 bits per heavy atom. The lowest BCUT2D eigenvalue weighted by molar-refractivity contribution is 0.0702. The third-order valence-electron chi connectivity index (χ3n) is 5.50. The summed E-state index contributed by atoms with van der Waals surface area (Å²) in [7, 11) is 0. The Labute approximate surface area is 184 Å². The number of benzene rings is 1. The summed E-state index contributed by atoms with van der Waals surface area (Å²) in [6.07, 6.45) is 4.57. The average molecular weight is 462 g/mol. The zero-order chi connectivity index (χ0) is 20.3. The van der Waals surface area contributed by atoms with Gasteiger partial charge in [0.05, 0.1) is 6.10 Å². The molecule has 152 valence electrons. The minimum Gasteiger partial charge on any atom is -0.477 e. The lowest BCUT2D eigenvalue weighted by Crippen LogP contribution is -2.21. The first-order valence-corrected chi connectivity index (χ1v) is 11.4. The smallest absolute Gasteiger partial charge is 0.345 e. The highest BCUT2D eigenvalue weighted by molar-refractivity contribution is 7.13. The van der Waals surface area contributed by atoms with Crippen LogP contribution in [-0.4, -0.2) is 27.7 Å². The van der Waals surface area contributed by atoms with Crippen LogP contribution < -0.4 is 0 Å². The molecule has 0 saturated heterocycles. The minimum atomic E-state index is -0.878.